The van der Waals surface area contributed by atoms with Gasteiger partial charge in [-0.25, -0.2) is 0 Å². The second kappa shape index (κ2) is 7.36. The normalized spacial score (nSPS) is 13.0. The molecule has 1 atom stereocenters. The molecule has 96 valence electrons. The predicted molar refractivity (Wildman–Crippen MR) is 73.3 cm³/mol. The summed E-state index contributed by atoms with van der Waals surface area (Å²) in [6.45, 7) is 2.82. The minimum Gasteiger partial charge on any atom is -0.409 e. The van der Waals surface area contributed by atoms with E-state index in [-0.39, 0.29) is 11.9 Å². The van der Waals surface area contributed by atoms with Crippen LogP contribution in [-0.2, 0) is 6.54 Å². The summed E-state index contributed by atoms with van der Waals surface area (Å²) in [4.78, 5) is 0. The Kier molecular flexibility index (Phi) is 5.75. The predicted octanol–water partition coefficient (Wildman–Crippen LogP) is 1.67. The molecule has 0 heterocycles. The van der Waals surface area contributed by atoms with Crippen LogP contribution in [0.2, 0.25) is 0 Å². The van der Waals surface area contributed by atoms with Gasteiger partial charge in [-0.1, -0.05) is 48.7 Å². The van der Waals surface area contributed by atoms with Crippen molar-refractivity contribution >= 4 is 5.84 Å². The summed E-state index contributed by atoms with van der Waals surface area (Å²) in [5.41, 5.74) is 7.29. The van der Waals surface area contributed by atoms with Gasteiger partial charge in [0.2, 0.25) is 0 Å². The van der Waals surface area contributed by atoms with Gasteiger partial charge in [0.25, 0.3) is 0 Å². The first-order chi connectivity index (χ1) is 8.71. The molecular formula is C14H19N3O. The Hall–Kier alpha value is -1.99. The van der Waals surface area contributed by atoms with E-state index in [0.717, 1.165) is 18.4 Å². The number of hydrogen-bond donors (Lipinski definition) is 3. The van der Waals surface area contributed by atoms with E-state index < -0.39 is 0 Å². The van der Waals surface area contributed by atoms with Crippen molar-refractivity contribution in [2.24, 2.45) is 10.9 Å². The molecule has 0 fully saturated rings. The highest BCUT2D eigenvalue weighted by atomic mass is 16.4. The molecule has 0 aliphatic carbocycles. The van der Waals surface area contributed by atoms with Gasteiger partial charge in [-0.15, -0.1) is 6.42 Å². The van der Waals surface area contributed by atoms with Crippen molar-refractivity contribution in [1.29, 1.82) is 0 Å². The van der Waals surface area contributed by atoms with Crippen molar-refractivity contribution in [2.45, 2.75) is 32.4 Å². The van der Waals surface area contributed by atoms with E-state index in [9.17, 15) is 0 Å². The first kappa shape index (κ1) is 14.1. The van der Waals surface area contributed by atoms with E-state index >= 15 is 0 Å². The zero-order valence-corrected chi connectivity index (χ0v) is 10.6. The standard InChI is InChI=1S/C14H19N3O/c1-3-5-13(4-2)16-10-11-6-8-12(9-7-11)14(15)17-18/h2,6-9,13,16,18H,3,5,10H2,1H3,(H2,15,17). The van der Waals surface area contributed by atoms with Gasteiger partial charge in [0.05, 0.1) is 6.04 Å². The Morgan fingerprint density at radius 3 is 2.67 bits per heavy atom. The Morgan fingerprint density at radius 1 is 1.50 bits per heavy atom. The quantitative estimate of drug-likeness (QED) is 0.235. The van der Waals surface area contributed by atoms with E-state index in [1.807, 2.05) is 24.3 Å². The van der Waals surface area contributed by atoms with E-state index in [0.29, 0.717) is 12.1 Å². The molecule has 0 radical (unpaired) electrons. The molecular weight excluding hydrogens is 226 g/mol. The van der Waals surface area contributed by atoms with Crippen LogP contribution in [0, 0.1) is 12.3 Å². The van der Waals surface area contributed by atoms with Gasteiger partial charge < -0.3 is 10.9 Å². The molecule has 18 heavy (non-hydrogen) atoms. The van der Waals surface area contributed by atoms with Crippen molar-refractivity contribution < 1.29 is 5.21 Å². The number of terminal acetylenes is 1. The van der Waals surface area contributed by atoms with Crippen molar-refractivity contribution in [1.82, 2.24) is 5.32 Å². The molecule has 4 N–H and O–H groups in total. The maximum Gasteiger partial charge on any atom is 0.170 e. The molecule has 0 aromatic heterocycles. The zero-order chi connectivity index (χ0) is 13.4. The molecule has 4 nitrogen and oxygen atoms in total. The molecule has 0 aliphatic rings. The molecule has 0 bridgehead atoms. The number of hydrogen-bond acceptors (Lipinski definition) is 3. The van der Waals surface area contributed by atoms with Gasteiger partial charge in [0.15, 0.2) is 5.84 Å². The Morgan fingerprint density at radius 2 is 2.17 bits per heavy atom. The molecule has 1 aromatic carbocycles. The monoisotopic (exact) mass is 245 g/mol. The first-order valence-corrected chi connectivity index (χ1v) is 5.97. The third kappa shape index (κ3) is 4.11. The van der Waals surface area contributed by atoms with Crippen molar-refractivity contribution in [2.75, 3.05) is 0 Å². The summed E-state index contributed by atoms with van der Waals surface area (Å²) in [5, 5.41) is 14.8. The van der Waals surface area contributed by atoms with Crippen LogP contribution in [0.1, 0.15) is 30.9 Å². The highest BCUT2D eigenvalue weighted by molar-refractivity contribution is 5.96. The Labute approximate surface area is 108 Å². The number of oxime groups is 1. The van der Waals surface area contributed by atoms with E-state index in [1.54, 1.807) is 0 Å². The van der Waals surface area contributed by atoms with E-state index in [4.69, 9.17) is 17.4 Å². The summed E-state index contributed by atoms with van der Waals surface area (Å²) in [6, 6.07) is 7.60. The van der Waals surface area contributed by atoms with Gasteiger partial charge in [-0.2, -0.15) is 0 Å². The zero-order valence-electron chi connectivity index (χ0n) is 10.6. The molecule has 0 amide bonds. The molecule has 0 spiro atoms. The molecule has 0 aliphatic heterocycles. The topological polar surface area (TPSA) is 70.6 Å². The maximum absolute atomic E-state index is 8.55. The second-order valence-electron chi connectivity index (χ2n) is 4.07. The number of nitrogens with zero attached hydrogens (tertiary/aromatic N) is 1. The second-order valence-corrected chi connectivity index (χ2v) is 4.07. The number of nitrogens with two attached hydrogens (primary N) is 1. The number of rotatable bonds is 6. The van der Waals surface area contributed by atoms with Crippen LogP contribution in [0.4, 0.5) is 0 Å². The summed E-state index contributed by atoms with van der Waals surface area (Å²) in [7, 11) is 0. The summed E-state index contributed by atoms with van der Waals surface area (Å²) >= 11 is 0. The van der Waals surface area contributed by atoms with Gasteiger partial charge in [-0.05, 0) is 12.0 Å². The SMILES string of the molecule is C#CC(CCC)NCc1ccc(/C(N)=N/O)cc1. The van der Waals surface area contributed by atoms with Crippen molar-refractivity contribution in [3.63, 3.8) is 0 Å². The fraction of sp³-hybridized carbons (Fsp3) is 0.357. The summed E-state index contributed by atoms with van der Waals surface area (Å²) in [6.07, 6.45) is 7.46. The average Bonchev–Trinajstić information content (AvgIpc) is 2.43. The van der Waals surface area contributed by atoms with Gasteiger partial charge in [-0.3, -0.25) is 5.32 Å². The maximum atomic E-state index is 8.55. The largest absolute Gasteiger partial charge is 0.409 e. The fourth-order valence-electron chi connectivity index (χ4n) is 1.63. The molecule has 0 saturated heterocycles. The average molecular weight is 245 g/mol. The lowest BCUT2D eigenvalue weighted by Crippen LogP contribution is -2.26. The molecule has 4 heteroatoms. The lowest BCUT2D eigenvalue weighted by Gasteiger charge is -2.12. The van der Waals surface area contributed by atoms with Gasteiger partial charge in [0.1, 0.15) is 0 Å². The van der Waals surface area contributed by atoms with Gasteiger partial charge >= 0.3 is 0 Å². The molecule has 1 unspecified atom stereocenters. The number of nitrogens with one attached hydrogen (secondary N) is 1. The van der Waals surface area contributed by atoms with Crippen LogP contribution >= 0.6 is 0 Å². The molecule has 1 rings (SSSR count). The van der Waals surface area contributed by atoms with Crippen LogP contribution in [-0.4, -0.2) is 17.1 Å². The Balaban J connectivity index is 2.57. The number of amidine groups is 1. The van der Waals surface area contributed by atoms with Crippen LogP contribution in [0.5, 0.6) is 0 Å². The summed E-state index contributed by atoms with van der Waals surface area (Å²) < 4.78 is 0. The molecule has 1 aromatic rings. The third-order valence-corrected chi connectivity index (χ3v) is 2.69. The van der Waals surface area contributed by atoms with Crippen LogP contribution in [0.3, 0.4) is 0 Å². The van der Waals surface area contributed by atoms with E-state index in [2.05, 4.69) is 23.3 Å². The minimum absolute atomic E-state index is 0.110. The highest BCUT2D eigenvalue weighted by Gasteiger charge is 2.03. The first-order valence-electron chi connectivity index (χ1n) is 5.97. The Bertz CT molecular complexity index is 431. The van der Waals surface area contributed by atoms with Crippen molar-refractivity contribution in [3.8, 4) is 12.3 Å². The van der Waals surface area contributed by atoms with Crippen LogP contribution < -0.4 is 11.1 Å². The van der Waals surface area contributed by atoms with Crippen molar-refractivity contribution in [3.05, 3.63) is 35.4 Å². The van der Waals surface area contributed by atoms with Crippen LogP contribution in [0.25, 0.3) is 0 Å². The highest BCUT2D eigenvalue weighted by Crippen LogP contribution is 2.05. The van der Waals surface area contributed by atoms with E-state index in [1.165, 1.54) is 0 Å². The summed E-state index contributed by atoms with van der Waals surface area (Å²) in [5.74, 6) is 2.84. The number of benzene rings is 1. The van der Waals surface area contributed by atoms with Gasteiger partial charge in [0, 0.05) is 12.1 Å². The van der Waals surface area contributed by atoms with Crippen LogP contribution in [0.15, 0.2) is 29.4 Å². The smallest absolute Gasteiger partial charge is 0.170 e. The lowest BCUT2D eigenvalue weighted by atomic mass is 10.1. The lowest BCUT2D eigenvalue weighted by molar-refractivity contribution is 0.318. The third-order valence-electron chi connectivity index (χ3n) is 2.69. The fourth-order valence-corrected chi connectivity index (χ4v) is 1.63. The minimum atomic E-state index is 0.110. The molecule has 0 saturated carbocycles.